The number of halogens is 2. The van der Waals surface area contributed by atoms with Crippen molar-refractivity contribution in [2.45, 2.75) is 39.0 Å². The maximum atomic E-state index is 13.2. The first-order valence-corrected chi connectivity index (χ1v) is 9.01. The number of rotatable bonds is 5. The highest BCUT2D eigenvalue weighted by Crippen LogP contribution is 2.37. The van der Waals surface area contributed by atoms with Gasteiger partial charge in [-0.05, 0) is 32.9 Å². The highest BCUT2D eigenvalue weighted by Gasteiger charge is 2.48. The summed E-state index contributed by atoms with van der Waals surface area (Å²) in [4.78, 5) is 25.1. The third-order valence-electron chi connectivity index (χ3n) is 3.43. The molecule has 0 heterocycles. The lowest BCUT2D eigenvalue weighted by Crippen LogP contribution is -2.50. The number of ether oxygens (including phenoxy) is 2. The van der Waals surface area contributed by atoms with Gasteiger partial charge in [-0.15, -0.1) is 0 Å². The second-order valence-electron chi connectivity index (χ2n) is 6.86. The Morgan fingerprint density at radius 2 is 1.44 bits per heavy atom. The van der Waals surface area contributed by atoms with E-state index in [4.69, 9.17) is 32.7 Å². The lowest BCUT2D eigenvalue weighted by Gasteiger charge is -2.35. The lowest BCUT2D eigenvalue weighted by molar-refractivity contribution is -0.187. The van der Waals surface area contributed by atoms with Gasteiger partial charge in [-0.1, -0.05) is 59.6 Å². The molecule has 2 aromatic rings. The topological polar surface area (TPSA) is 64.6 Å². The quantitative estimate of drug-likeness (QED) is 0.545. The fourth-order valence-electron chi connectivity index (χ4n) is 2.40. The highest BCUT2D eigenvalue weighted by atomic mass is 35.5. The summed E-state index contributed by atoms with van der Waals surface area (Å²) in [5, 5.41) is 3.44. The van der Waals surface area contributed by atoms with Crippen molar-refractivity contribution in [2.24, 2.45) is 0 Å². The van der Waals surface area contributed by atoms with Crippen molar-refractivity contribution >= 4 is 40.8 Å². The number of hydrogen-bond donors (Lipinski definition) is 1. The molecule has 0 amide bonds. The van der Waals surface area contributed by atoms with Crippen LogP contribution in [0.2, 0.25) is 10.0 Å². The van der Waals surface area contributed by atoms with Crippen molar-refractivity contribution in [3.05, 3.63) is 64.1 Å². The molecule has 0 saturated carbocycles. The Kier molecular flexibility index (Phi) is 6.39. The van der Waals surface area contributed by atoms with E-state index in [2.05, 4.69) is 5.32 Å². The van der Waals surface area contributed by atoms with Crippen molar-refractivity contribution in [1.29, 1.82) is 0 Å². The van der Waals surface area contributed by atoms with Crippen molar-refractivity contribution < 1.29 is 19.1 Å². The smallest absolute Gasteiger partial charge is 0.378 e. The Labute approximate surface area is 168 Å². The third-order valence-corrected chi connectivity index (χ3v) is 4.06. The number of hydrogen-bond acceptors (Lipinski definition) is 5. The zero-order chi connectivity index (χ0) is 20.2. The maximum absolute atomic E-state index is 13.2. The number of carbonyl (C=O) groups is 2. The Morgan fingerprint density at radius 3 is 1.93 bits per heavy atom. The minimum atomic E-state index is -1.96. The molecule has 2 rings (SSSR count). The Bertz CT molecular complexity index is 813. The maximum Gasteiger partial charge on any atom is 0.378 e. The number of carbonyl (C=O) groups excluding carboxylic acids is 2. The summed E-state index contributed by atoms with van der Waals surface area (Å²) in [7, 11) is 0. The normalized spacial score (nSPS) is 13.4. The second kappa shape index (κ2) is 8.19. The zero-order valence-electron chi connectivity index (χ0n) is 15.5. The summed E-state index contributed by atoms with van der Waals surface area (Å²) in [5.74, 6) is -1.48. The van der Waals surface area contributed by atoms with Gasteiger partial charge >= 0.3 is 17.7 Å². The molecular formula is C20H21Cl2NO4. The number of benzene rings is 2. The second-order valence-corrected chi connectivity index (χ2v) is 7.68. The monoisotopic (exact) mass is 409 g/mol. The van der Waals surface area contributed by atoms with Gasteiger partial charge in [0, 0.05) is 12.5 Å². The number of anilines is 1. The molecule has 0 aliphatic carbocycles. The fraction of sp³-hybridized carbons (Fsp3) is 0.300. The molecule has 0 aliphatic heterocycles. The molecule has 27 heavy (non-hydrogen) atoms. The molecule has 1 N–H and O–H groups in total. The van der Waals surface area contributed by atoms with Crippen LogP contribution in [0.1, 0.15) is 33.3 Å². The molecule has 1 atom stereocenters. The molecule has 0 spiro atoms. The van der Waals surface area contributed by atoms with E-state index in [0.29, 0.717) is 5.56 Å². The average molecular weight is 410 g/mol. The van der Waals surface area contributed by atoms with E-state index in [9.17, 15) is 9.59 Å². The molecular weight excluding hydrogens is 389 g/mol. The van der Waals surface area contributed by atoms with E-state index < -0.39 is 23.3 Å². The molecule has 0 fully saturated rings. The van der Waals surface area contributed by atoms with E-state index in [1.165, 1.54) is 6.92 Å². The molecule has 5 nitrogen and oxygen atoms in total. The minimum Gasteiger partial charge on any atom is -0.455 e. The van der Waals surface area contributed by atoms with Crippen LogP contribution >= 0.6 is 23.2 Å². The van der Waals surface area contributed by atoms with E-state index >= 15 is 0 Å². The molecule has 144 valence electrons. The highest BCUT2D eigenvalue weighted by molar-refractivity contribution is 6.39. The van der Waals surface area contributed by atoms with Crippen LogP contribution in [0.25, 0.3) is 0 Å². The van der Waals surface area contributed by atoms with Crippen molar-refractivity contribution in [2.75, 3.05) is 5.32 Å². The molecule has 7 heteroatoms. The van der Waals surface area contributed by atoms with Crippen LogP contribution in [0.5, 0.6) is 0 Å². The van der Waals surface area contributed by atoms with Crippen LogP contribution in [0.3, 0.4) is 0 Å². The van der Waals surface area contributed by atoms with E-state index in [1.54, 1.807) is 69.3 Å². The third kappa shape index (κ3) is 5.15. The molecule has 0 aromatic heterocycles. The number of nitrogens with one attached hydrogen (secondary N) is 1. The minimum absolute atomic E-state index is 0.247. The average Bonchev–Trinajstić information content (AvgIpc) is 2.56. The SMILES string of the molecule is CC(=O)OC(Nc1c(Cl)cccc1Cl)(C(=O)OC(C)(C)C)c1ccccc1. The van der Waals surface area contributed by atoms with Gasteiger partial charge in [0.05, 0.1) is 15.7 Å². The van der Waals surface area contributed by atoms with Gasteiger partial charge in [0.2, 0.25) is 0 Å². The summed E-state index contributed by atoms with van der Waals surface area (Å²) in [6.45, 7) is 6.36. The predicted octanol–water partition coefficient (Wildman–Crippen LogP) is 5.16. The van der Waals surface area contributed by atoms with Gasteiger partial charge in [0.15, 0.2) is 0 Å². The van der Waals surface area contributed by atoms with Gasteiger partial charge in [-0.3, -0.25) is 4.79 Å². The van der Waals surface area contributed by atoms with Gasteiger partial charge in [-0.25, -0.2) is 4.79 Å². The number of esters is 2. The van der Waals surface area contributed by atoms with Crippen LogP contribution in [0.15, 0.2) is 48.5 Å². The van der Waals surface area contributed by atoms with Crippen LogP contribution < -0.4 is 5.32 Å². The Balaban J connectivity index is 2.67. The van der Waals surface area contributed by atoms with Crippen molar-refractivity contribution in [1.82, 2.24) is 0 Å². The first kappa shape index (κ1) is 21.1. The molecule has 0 aliphatic rings. The van der Waals surface area contributed by atoms with Crippen LogP contribution in [0.4, 0.5) is 5.69 Å². The fourth-order valence-corrected chi connectivity index (χ4v) is 2.89. The Morgan fingerprint density at radius 1 is 0.889 bits per heavy atom. The molecule has 0 radical (unpaired) electrons. The van der Waals surface area contributed by atoms with Gasteiger partial charge in [0.25, 0.3) is 0 Å². The Hall–Kier alpha value is -2.24. The van der Waals surface area contributed by atoms with Crippen LogP contribution in [-0.2, 0) is 24.8 Å². The van der Waals surface area contributed by atoms with Gasteiger partial charge in [0.1, 0.15) is 5.60 Å². The van der Waals surface area contributed by atoms with E-state index in [-0.39, 0.29) is 15.7 Å². The first-order chi connectivity index (χ1) is 12.5. The summed E-state index contributed by atoms with van der Waals surface area (Å²) < 4.78 is 11.0. The molecule has 0 saturated heterocycles. The van der Waals surface area contributed by atoms with Crippen molar-refractivity contribution in [3.8, 4) is 0 Å². The zero-order valence-corrected chi connectivity index (χ0v) is 17.0. The summed E-state index contributed by atoms with van der Waals surface area (Å²) in [6, 6.07) is 13.4. The van der Waals surface area contributed by atoms with E-state index in [1.807, 2.05) is 0 Å². The standard InChI is InChI=1S/C20H21Cl2NO4/c1-13(24)26-20(14-9-6-5-7-10-14,18(25)27-19(2,3)4)23-17-15(21)11-8-12-16(17)22/h5-12,23H,1-4H3. The van der Waals surface area contributed by atoms with Crippen molar-refractivity contribution in [3.63, 3.8) is 0 Å². The molecule has 0 bridgehead atoms. The first-order valence-electron chi connectivity index (χ1n) is 8.26. The van der Waals surface area contributed by atoms with Crippen LogP contribution in [0, 0.1) is 0 Å². The van der Waals surface area contributed by atoms with Gasteiger partial charge in [-0.2, -0.15) is 0 Å². The van der Waals surface area contributed by atoms with Gasteiger partial charge < -0.3 is 14.8 Å². The predicted molar refractivity (Wildman–Crippen MR) is 106 cm³/mol. The number of para-hydroxylation sites is 1. The van der Waals surface area contributed by atoms with E-state index in [0.717, 1.165) is 0 Å². The lowest BCUT2D eigenvalue weighted by atomic mass is 10.0. The summed E-state index contributed by atoms with van der Waals surface area (Å²) >= 11 is 12.5. The van der Waals surface area contributed by atoms with Crippen LogP contribution in [-0.4, -0.2) is 17.5 Å². The molecule has 1 unspecified atom stereocenters. The largest absolute Gasteiger partial charge is 0.455 e. The molecule has 2 aromatic carbocycles. The summed E-state index contributed by atoms with van der Waals surface area (Å²) in [6.07, 6.45) is 0. The summed E-state index contributed by atoms with van der Waals surface area (Å²) in [5.41, 5.74) is -2.17.